The maximum atomic E-state index is 13.1. The van der Waals surface area contributed by atoms with Gasteiger partial charge in [0.15, 0.2) is 6.04 Å². The van der Waals surface area contributed by atoms with Crippen molar-refractivity contribution in [3.63, 3.8) is 0 Å². The van der Waals surface area contributed by atoms with Crippen molar-refractivity contribution in [2.75, 3.05) is 0 Å². The molecule has 7 heteroatoms. The molecule has 6 aromatic rings. The van der Waals surface area contributed by atoms with E-state index in [2.05, 4.69) is 54.5 Å². The second-order valence-electron chi connectivity index (χ2n) is 10.2. The molecule has 0 fully saturated rings. The first kappa shape index (κ1) is 25.8. The monoisotopic (exact) mass is 541 g/mol. The van der Waals surface area contributed by atoms with Crippen LogP contribution in [0.25, 0.3) is 44.3 Å². The average molecular weight is 542 g/mol. The molecule has 202 valence electrons. The number of benzene rings is 5. The summed E-state index contributed by atoms with van der Waals surface area (Å²) in [5, 5.41) is 24.4. The smallest absolute Gasteiger partial charge is 0.330 e. The number of carboxylic acids is 1. The zero-order valence-electron chi connectivity index (χ0n) is 22.5. The van der Waals surface area contributed by atoms with Crippen LogP contribution in [0.5, 0.6) is 5.75 Å². The number of nitrogens with one attached hydrogen (secondary N) is 2. The maximum Gasteiger partial charge on any atom is 0.330 e. The summed E-state index contributed by atoms with van der Waals surface area (Å²) in [6.45, 7) is 4.19. The van der Waals surface area contributed by atoms with E-state index in [0.29, 0.717) is 27.7 Å². The summed E-state index contributed by atoms with van der Waals surface area (Å²) in [5.74, 6) is -1.25. The molecule has 1 heterocycles. The number of fused-ring (bicyclic) bond motifs is 3. The number of aromatic amines is 1. The van der Waals surface area contributed by atoms with Crippen LogP contribution in [0.2, 0.25) is 0 Å². The van der Waals surface area contributed by atoms with Gasteiger partial charge in [0, 0.05) is 11.1 Å². The lowest BCUT2D eigenvalue weighted by Gasteiger charge is -2.15. The number of carbonyl (C=O) groups is 2. The molecule has 0 radical (unpaired) electrons. The Balaban J connectivity index is 1.35. The van der Waals surface area contributed by atoms with Gasteiger partial charge in [0.05, 0.1) is 10.9 Å². The van der Waals surface area contributed by atoms with Gasteiger partial charge in [-0.3, -0.25) is 4.79 Å². The number of rotatable bonds is 6. The van der Waals surface area contributed by atoms with Crippen molar-refractivity contribution in [1.29, 1.82) is 0 Å². The van der Waals surface area contributed by atoms with Gasteiger partial charge in [0.2, 0.25) is 0 Å². The van der Waals surface area contributed by atoms with Gasteiger partial charge in [0.1, 0.15) is 17.1 Å². The summed E-state index contributed by atoms with van der Waals surface area (Å²) in [5.41, 5.74) is 7.48. The lowest BCUT2D eigenvalue weighted by Crippen LogP contribution is -2.33. The van der Waals surface area contributed by atoms with Crippen LogP contribution in [0, 0.1) is 13.8 Å². The Bertz CT molecular complexity index is 1960. The van der Waals surface area contributed by atoms with Crippen LogP contribution in [0.3, 0.4) is 0 Å². The van der Waals surface area contributed by atoms with E-state index in [0.717, 1.165) is 22.2 Å². The van der Waals surface area contributed by atoms with Crippen molar-refractivity contribution in [3.8, 4) is 28.3 Å². The second-order valence-corrected chi connectivity index (χ2v) is 10.2. The average Bonchev–Trinajstić information content (AvgIpc) is 3.42. The van der Waals surface area contributed by atoms with E-state index in [9.17, 15) is 19.8 Å². The highest BCUT2D eigenvalue weighted by atomic mass is 16.4. The molecular formula is C34H27N3O4. The van der Waals surface area contributed by atoms with E-state index >= 15 is 0 Å². The van der Waals surface area contributed by atoms with Gasteiger partial charge >= 0.3 is 5.97 Å². The number of carboxylic acid groups (broad SMARTS) is 1. The second kappa shape index (κ2) is 10.3. The number of hydrogen-bond donors (Lipinski definition) is 4. The van der Waals surface area contributed by atoms with E-state index in [-0.39, 0.29) is 11.3 Å². The number of phenols is 1. The Morgan fingerprint density at radius 2 is 1.56 bits per heavy atom. The largest absolute Gasteiger partial charge is 0.507 e. The van der Waals surface area contributed by atoms with E-state index in [1.54, 1.807) is 42.5 Å². The number of phenolic OH excluding ortho intramolecular Hbond substituents is 1. The normalized spacial score (nSPS) is 12.0. The van der Waals surface area contributed by atoms with Gasteiger partial charge in [-0.05, 0) is 71.3 Å². The fourth-order valence-electron chi connectivity index (χ4n) is 5.09. The van der Waals surface area contributed by atoms with E-state index in [1.807, 2.05) is 18.2 Å². The minimum Gasteiger partial charge on any atom is -0.507 e. The van der Waals surface area contributed by atoms with Crippen LogP contribution in [-0.2, 0) is 4.79 Å². The lowest BCUT2D eigenvalue weighted by molar-refractivity contribution is -0.139. The van der Waals surface area contributed by atoms with Crippen LogP contribution in [0.15, 0.2) is 97.1 Å². The van der Waals surface area contributed by atoms with Crippen LogP contribution in [-0.4, -0.2) is 32.1 Å². The minimum absolute atomic E-state index is 0.119. The predicted molar refractivity (Wildman–Crippen MR) is 160 cm³/mol. The summed E-state index contributed by atoms with van der Waals surface area (Å²) in [7, 11) is 0. The van der Waals surface area contributed by atoms with Gasteiger partial charge in [0.25, 0.3) is 5.91 Å². The number of nitrogens with zero attached hydrogens (tertiary/aromatic N) is 1. The molecular weight excluding hydrogens is 514 g/mol. The molecule has 0 saturated carbocycles. The van der Waals surface area contributed by atoms with Crippen molar-refractivity contribution in [2.24, 2.45) is 0 Å². The summed E-state index contributed by atoms with van der Waals surface area (Å²) < 4.78 is 0. The molecule has 7 nitrogen and oxygen atoms in total. The minimum atomic E-state index is -1.22. The number of aromatic hydroxyl groups is 1. The van der Waals surface area contributed by atoms with Crippen molar-refractivity contribution < 1.29 is 19.8 Å². The van der Waals surface area contributed by atoms with Crippen molar-refractivity contribution in [3.05, 3.63) is 119 Å². The fourth-order valence-corrected chi connectivity index (χ4v) is 5.09. The third kappa shape index (κ3) is 4.89. The number of imidazole rings is 1. The number of aryl methyl sites for hydroxylation is 2. The quantitative estimate of drug-likeness (QED) is 0.183. The van der Waals surface area contributed by atoms with Crippen LogP contribution in [0.1, 0.15) is 33.1 Å². The molecule has 1 amide bonds. The number of carbonyl (C=O) groups excluding carboxylic acids is 1. The summed E-state index contributed by atoms with van der Waals surface area (Å²) in [4.78, 5) is 33.1. The first-order chi connectivity index (χ1) is 19.8. The zero-order chi connectivity index (χ0) is 28.7. The Kier molecular flexibility index (Phi) is 6.47. The molecule has 0 saturated heterocycles. The molecule has 41 heavy (non-hydrogen) atoms. The molecule has 6 rings (SSSR count). The molecule has 0 aliphatic rings. The van der Waals surface area contributed by atoms with Gasteiger partial charge in [-0.15, -0.1) is 0 Å². The van der Waals surface area contributed by atoms with Gasteiger partial charge in [-0.25, -0.2) is 9.78 Å². The van der Waals surface area contributed by atoms with Gasteiger partial charge < -0.3 is 20.5 Å². The van der Waals surface area contributed by atoms with Crippen molar-refractivity contribution in [2.45, 2.75) is 19.9 Å². The first-order valence-electron chi connectivity index (χ1n) is 13.2. The molecule has 0 bridgehead atoms. The zero-order valence-corrected chi connectivity index (χ0v) is 22.5. The maximum absolute atomic E-state index is 13.1. The van der Waals surface area contributed by atoms with Crippen LogP contribution >= 0.6 is 0 Å². The molecule has 0 aliphatic heterocycles. The van der Waals surface area contributed by atoms with Crippen molar-refractivity contribution in [1.82, 2.24) is 15.3 Å². The Morgan fingerprint density at radius 3 is 2.32 bits per heavy atom. The molecule has 4 N–H and O–H groups in total. The highest BCUT2D eigenvalue weighted by Crippen LogP contribution is 2.35. The molecule has 1 atom stereocenters. The number of hydrogen-bond acceptors (Lipinski definition) is 4. The number of H-pyrrole nitrogens is 1. The first-order valence-corrected chi connectivity index (χ1v) is 13.2. The third-order valence-corrected chi connectivity index (χ3v) is 7.44. The van der Waals surface area contributed by atoms with E-state index in [1.165, 1.54) is 17.2 Å². The highest BCUT2D eigenvalue weighted by Gasteiger charge is 2.23. The van der Waals surface area contributed by atoms with Gasteiger partial charge in [-0.1, -0.05) is 72.8 Å². The van der Waals surface area contributed by atoms with E-state index in [4.69, 9.17) is 4.98 Å². The standard InChI is InChI=1S/C34H27N3O4/c1-19-11-12-23(15-20(19)2)22-9-6-10-25(16-22)32-35-27-14-13-24-17-26(18-28(38)29(24)31(27)36-32)33(39)37-30(34(40)41)21-7-4-3-5-8-21/h3-18,30,38H,1-2H3,(H,35,36)(H,37,39)(H,40,41)/t30-/m0/s1. The Morgan fingerprint density at radius 1 is 0.805 bits per heavy atom. The van der Waals surface area contributed by atoms with Gasteiger partial charge in [-0.2, -0.15) is 0 Å². The third-order valence-electron chi connectivity index (χ3n) is 7.44. The predicted octanol–water partition coefficient (Wildman–Crippen LogP) is 6.93. The van der Waals surface area contributed by atoms with Crippen molar-refractivity contribution >= 4 is 33.7 Å². The van der Waals surface area contributed by atoms with Crippen LogP contribution < -0.4 is 5.32 Å². The SMILES string of the molecule is Cc1ccc(-c2cccc(-c3nc4c(ccc5cc(C(=O)N[C@H](C(=O)O)c6ccccc6)cc(O)c54)[nH]3)c2)cc1C. The Hall–Kier alpha value is -5.43. The highest BCUT2D eigenvalue weighted by molar-refractivity contribution is 6.11. The summed E-state index contributed by atoms with van der Waals surface area (Å²) in [6, 6.07) is 28.4. The lowest BCUT2D eigenvalue weighted by atomic mass is 9.99. The topological polar surface area (TPSA) is 115 Å². The molecule has 0 aliphatic carbocycles. The molecule has 0 unspecified atom stereocenters. The molecule has 5 aromatic carbocycles. The number of amides is 1. The number of aromatic nitrogens is 2. The molecule has 1 aromatic heterocycles. The summed E-state index contributed by atoms with van der Waals surface area (Å²) >= 11 is 0. The fraction of sp³-hybridized carbons (Fsp3) is 0.0882. The molecule has 0 spiro atoms. The summed E-state index contributed by atoms with van der Waals surface area (Å²) in [6.07, 6.45) is 0. The van der Waals surface area contributed by atoms with Crippen LogP contribution in [0.4, 0.5) is 0 Å². The Labute approximate surface area is 236 Å². The van der Waals surface area contributed by atoms with E-state index < -0.39 is 17.9 Å². The number of aliphatic carboxylic acids is 1.